The number of nitrogens with one attached hydrogen (secondary N) is 1. The number of carbonyl (C=O) groups is 1. The number of carbonyl (C=O) groups excluding carboxylic acids is 1. The number of nitrogens with zero attached hydrogens (tertiary/aromatic N) is 1. The Morgan fingerprint density at radius 1 is 1.19 bits per heavy atom. The molecule has 2 fully saturated rings. The van der Waals surface area contributed by atoms with Gasteiger partial charge in [0.25, 0.3) is 0 Å². The molecule has 4 nitrogen and oxygen atoms in total. The molecule has 1 aliphatic carbocycles. The third kappa shape index (κ3) is 3.56. The Morgan fingerprint density at radius 2 is 1.81 bits per heavy atom. The van der Waals surface area contributed by atoms with E-state index in [1.165, 1.54) is 5.56 Å². The Balaban J connectivity index is 1.52. The molecule has 1 atom stereocenters. The first-order valence-electron chi connectivity index (χ1n) is 7.97. The summed E-state index contributed by atoms with van der Waals surface area (Å²) in [6, 6.07) is 7.96. The van der Waals surface area contributed by atoms with E-state index in [1.807, 2.05) is 19.1 Å². The number of phenols is 1. The van der Waals surface area contributed by atoms with Crippen LogP contribution in [0.4, 0.5) is 0 Å². The van der Waals surface area contributed by atoms with Crippen LogP contribution in [0.15, 0.2) is 24.3 Å². The van der Waals surface area contributed by atoms with Crippen LogP contribution in [0.2, 0.25) is 0 Å². The van der Waals surface area contributed by atoms with Crippen LogP contribution in [0, 0.1) is 0 Å². The normalized spacial score (nSPS) is 22.0. The first-order valence-corrected chi connectivity index (χ1v) is 7.97. The molecular formula is C17H24N2O2. The predicted molar refractivity (Wildman–Crippen MR) is 82.3 cm³/mol. The van der Waals surface area contributed by atoms with Gasteiger partial charge in [0.15, 0.2) is 0 Å². The fourth-order valence-corrected chi connectivity index (χ4v) is 3.08. The molecular weight excluding hydrogens is 264 g/mol. The Morgan fingerprint density at radius 3 is 2.38 bits per heavy atom. The molecule has 3 rings (SSSR count). The Bertz CT molecular complexity index is 488. The van der Waals surface area contributed by atoms with Gasteiger partial charge >= 0.3 is 0 Å². The van der Waals surface area contributed by atoms with Gasteiger partial charge < -0.3 is 10.4 Å². The first-order chi connectivity index (χ1) is 10.1. The van der Waals surface area contributed by atoms with E-state index in [1.54, 1.807) is 12.1 Å². The van der Waals surface area contributed by atoms with Crippen molar-refractivity contribution in [2.45, 2.75) is 50.6 Å². The standard InChI is InChI=1S/C17H24N2O2/c1-12(17(21)18-15-4-5-15)19-10-8-14(9-11-19)13-2-6-16(20)7-3-13/h2-3,6-7,12,14-15,20H,4-5,8-11H2,1H3,(H,18,21)/t12-/m1/s1. The summed E-state index contributed by atoms with van der Waals surface area (Å²) in [5, 5.41) is 12.4. The highest BCUT2D eigenvalue weighted by molar-refractivity contribution is 5.81. The summed E-state index contributed by atoms with van der Waals surface area (Å²) in [7, 11) is 0. The van der Waals surface area contributed by atoms with E-state index in [2.05, 4.69) is 10.2 Å². The lowest BCUT2D eigenvalue weighted by molar-refractivity contribution is -0.126. The van der Waals surface area contributed by atoms with E-state index in [0.29, 0.717) is 17.7 Å². The van der Waals surface area contributed by atoms with Gasteiger partial charge in [-0.3, -0.25) is 9.69 Å². The summed E-state index contributed by atoms with van der Waals surface area (Å²) in [6.45, 7) is 3.94. The lowest BCUT2D eigenvalue weighted by Crippen LogP contribution is -2.48. The Kier molecular flexibility index (Phi) is 4.15. The maximum absolute atomic E-state index is 12.1. The summed E-state index contributed by atoms with van der Waals surface area (Å²) >= 11 is 0. The molecule has 1 aliphatic heterocycles. The number of benzene rings is 1. The minimum Gasteiger partial charge on any atom is -0.508 e. The molecule has 1 aromatic carbocycles. The highest BCUT2D eigenvalue weighted by Crippen LogP contribution is 2.30. The van der Waals surface area contributed by atoms with Crippen LogP contribution in [0.3, 0.4) is 0 Å². The molecule has 0 aromatic heterocycles. The number of amides is 1. The molecule has 21 heavy (non-hydrogen) atoms. The Labute approximate surface area is 126 Å². The van der Waals surface area contributed by atoms with Gasteiger partial charge in [0.1, 0.15) is 5.75 Å². The zero-order valence-electron chi connectivity index (χ0n) is 12.6. The first kappa shape index (κ1) is 14.4. The highest BCUT2D eigenvalue weighted by Gasteiger charge is 2.30. The third-order valence-corrected chi connectivity index (χ3v) is 4.74. The van der Waals surface area contributed by atoms with Gasteiger partial charge in [0, 0.05) is 6.04 Å². The summed E-state index contributed by atoms with van der Waals surface area (Å²) in [5.41, 5.74) is 1.29. The van der Waals surface area contributed by atoms with Gasteiger partial charge in [-0.2, -0.15) is 0 Å². The molecule has 1 saturated heterocycles. The van der Waals surface area contributed by atoms with Crippen molar-refractivity contribution in [1.29, 1.82) is 0 Å². The second-order valence-corrected chi connectivity index (χ2v) is 6.36. The van der Waals surface area contributed by atoms with Gasteiger partial charge in [-0.1, -0.05) is 12.1 Å². The van der Waals surface area contributed by atoms with E-state index < -0.39 is 0 Å². The number of aromatic hydroxyl groups is 1. The van der Waals surface area contributed by atoms with Crippen molar-refractivity contribution in [3.63, 3.8) is 0 Å². The molecule has 0 bridgehead atoms. The van der Waals surface area contributed by atoms with E-state index in [0.717, 1.165) is 38.8 Å². The molecule has 0 unspecified atom stereocenters. The molecule has 0 spiro atoms. The zero-order valence-corrected chi connectivity index (χ0v) is 12.6. The van der Waals surface area contributed by atoms with Crippen molar-refractivity contribution in [2.75, 3.05) is 13.1 Å². The van der Waals surface area contributed by atoms with Crippen LogP contribution in [0.1, 0.15) is 44.1 Å². The maximum atomic E-state index is 12.1. The molecule has 1 heterocycles. The second-order valence-electron chi connectivity index (χ2n) is 6.36. The molecule has 1 saturated carbocycles. The summed E-state index contributed by atoms with van der Waals surface area (Å²) in [5.74, 6) is 1.04. The minimum absolute atomic E-state index is 0.0219. The van der Waals surface area contributed by atoms with Crippen LogP contribution in [-0.4, -0.2) is 41.1 Å². The van der Waals surface area contributed by atoms with Gasteiger partial charge in [0.05, 0.1) is 6.04 Å². The fraction of sp³-hybridized carbons (Fsp3) is 0.588. The quantitative estimate of drug-likeness (QED) is 0.893. The monoisotopic (exact) mass is 288 g/mol. The van der Waals surface area contributed by atoms with Gasteiger partial charge in [-0.05, 0) is 69.3 Å². The fourth-order valence-electron chi connectivity index (χ4n) is 3.08. The van der Waals surface area contributed by atoms with Crippen molar-refractivity contribution in [2.24, 2.45) is 0 Å². The van der Waals surface area contributed by atoms with Crippen molar-refractivity contribution in [1.82, 2.24) is 10.2 Å². The van der Waals surface area contributed by atoms with Gasteiger partial charge in [-0.25, -0.2) is 0 Å². The number of hydrogen-bond donors (Lipinski definition) is 2. The van der Waals surface area contributed by atoms with Crippen molar-refractivity contribution in [3.8, 4) is 5.75 Å². The lowest BCUT2D eigenvalue weighted by Gasteiger charge is -2.35. The highest BCUT2D eigenvalue weighted by atomic mass is 16.3. The molecule has 1 aromatic rings. The Hall–Kier alpha value is -1.55. The van der Waals surface area contributed by atoms with Crippen LogP contribution in [0.25, 0.3) is 0 Å². The van der Waals surface area contributed by atoms with Crippen LogP contribution in [-0.2, 0) is 4.79 Å². The number of hydrogen-bond acceptors (Lipinski definition) is 3. The smallest absolute Gasteiger partial charge is 0.237 e. The van der Waals surface area contributed by atoms with Gasteiger partial charge in [0.2, 0.25) is 5.91 Å². The van der Waals surface area contributed by atoms with Crippen molar-refractivity contribution in [3.05, 3.63) is 29.8 Å². The SMILES string of the molecule is C[C@H](C(=O)NC1CC1)N1CCC(c2ccc(O)cc2)CC1. The number of phenolic OH excluding ortho intramolecular Hbond substituents is 1. The van der Waals surface area contributed by atoms with Crippen LogP contribution >= 0.6 is 0 Å². The van der Waals surface area contributed by atoms with E-state index in [9.17, 15) is 9.90 Å². The predicted octanol–water partition coefficient (Wildman–Crippen LogP) is 2.24. The van der Waals surface area contributed by atoms with E-state index in [-0.39, 0.29) is 11.9 Å². The van der Waals surface area contributed by atoms with E-state index >= 15 is 0 Å². The molecule has 0 radical (unpaired) electrons. The molecule has 2 aliphatic rings. The van der Waals surface area contributed by atoms with Crippen LogP contribution < -0.4 is 5.32 Å². The number of rotatable bonds is 4. The molecule has 1 amide bonds. The van der Waals surface area contributed by atoms with Crippen molar-refractivity contribution >= 4 is 5.91 Å². The summed E-state index contributed by atoms with van der Waals surface area (Å²) in [6.07, 6.45) is 4.43. The average molecular weight is 288 g/mol. The maximum Gasteiger partial charge on any atom is 0.237 e. The summed E-state index contributed by atoms with van der Waals surface area (Å²) in [4.78, 5) is 14.4. The number of piperidine rings is 1. The third-order valence-electron chi connectivity index (χ3n) is 4.74. The summed E-state index contributed by atoms with van der Waals surface area (Å²) < 4.78 is 0. The number of likely N-dealkylation sites (tertiary alicyclic amines) is 1. The minimum atomic E-state index is -0.0219. The zero-order chi connectivity index (χ0) is 14.8. The van der Waals surface area contributed by atoms with Gasteiger partial charge in [-0.15, -0.1) is 0 Å². The average Bonchev–Trinajstić information content (AvgIpc) is 3.31. The molecule has 2 N–H and O–H groups in total. The molecule has 4 heteroatoms. The second kappa shape index (κ2) is 6.06. The van der Waals surface area contributed by atoms with Crippen molar-refractivity contribution < 1.29 is 9.90 Å². The molecule has 114 valence electrons. The lowest BCUT2D eigenvalue weighted by atomic mass is 9.89. The largest absolute Gasteiger partial charge is 0.508 e. The van der Waals surface area contributed by atoms with E-state index in [4.69, 9.17) is 0 Å². The topological polar surface area (TPSA) is 52.6 Å². The van der Waals surface area contributed by atoms with Crippen LogP contribution in [0.5, 0.6) is 5.75 Å².